The summed E-state index contributed by atoms with van der Waals surface area (Å²) in [5.74, 6) is -1.30. The molecule has 0 bridgehead atoms. The highest BCUT2D eigenvalue weighted by Gasteiger charge is 2.14. The van der Waals surface area contributed by atoms with Gasteiger partial charge in [0.05, 0.1) is 0 Å². The van der Waals surface area contributed by atoms with Crippen LogP contribution in [0, 0.1) is 5.92 Å². The fourth-order valence-corrected chi connectivity index (χ4v) is 2.03. The summed E-state index contributed by atoms with van der Waals surface area (Å²) in [6.07, 6.45) is 7.35. The molecule has 0 radical (unpaired) electrons. The average molecular weight is 254 g/mol. The third kappa shape index (κ3) is 6.03. The number of amides is 3. The third-order valence-electron chi connectivity index (χ3n) is 2.93. The minimum Gasteiger partial charge on any atom is -0.478 e. The fourth-order valence-electron chi connectivity index (χ4n) is 2.03. The molecule has 1 saturated carbocycles. The van der Waals surface area contributed by atoms with Gasteiger partial charge < -0.3 is 10.4 Å². The van der Waals surface area contributed by atoms with Crippen LogP contribution in [0.4, 0.5) is 4.79 Å². The molecule has 1 rings (SSSR count). The first kappa shape index (κ1) is 14.2. The maximum absolute atomic E-state index is 11.2. The van der Waals surface area contributed by atoms with Crippen molar-refractivity contribution in [2.24, 2.45) is 5.92 Å². The SMILES string of the molecule is O=C(O)/C=C/C(=O)NC(=O)NCCC1CCCC1. The van der Waals surface area contributed by atoms with E-state index in [9.17, 15) is 14.4 Å². The summed E-state index contributed by atoms with van der Waals surface area (Å²) in [5, 5.41) is 12.9. The molecule has 18 heavy (non-hydrogen) atoms. The zero-order valence-electron chi connectivity index (χ0n) is 10.1. The largest absolute Gasteiger partial charge is 0.478 e. The molecule has 1 aliphatic carbocycles. The van der Waals surface area contributed by atoms with Crippen molar-refractivity contribution in [1.82, 2.24) is 10.6 Å². The lowest BCUT2D eigenvalue weighted by Crippen LogP contribution is -2.39. The Kier molecular flexibility index (Phi) is 5.90. The standard InChI is InChI=1S/C12H18N2O4/c15-10(5-6-11(16)17)14-12(18)13-8-7-9-3-1-2-4-9/h5-6,9H,1-4,7-8H2,(H,16,17)(H2,13,14,15,18)/b6-5+. The molecule has 0 aromatic rings. The van der Waals surface area contributed by atoms with Gasteiger partial charge in [0.1, 0.15) is 0 Å². The minimum atomic E-state index is -1.23. The normalized spacial score (nSPS) is 15.8. The predicted octanol–water partition coefficient (Wildman–Crippen LogP) is 1.03. The number of carbonyl (C=O) groups is 3. The van der Waals surface area contributed by atoms with E-state index in [1.54, 1.807) is 0 Å². The quantitative estimate of drug-likeness (QED) is 0.638. The Balaban J connectivity index is 2.12. The number of carboxylic acids is 1. The van der Waals surface area contributed by atoms with Gasteiger partial charge in [0.15, 0.2) is 0 Å². The highest BCUT2D eigenvalue weighted by atomic mass is 16.4. The molecule has 0 atom stereocenters. The molecule has 0 heterocycles. The van der Waals surface area contributed by atoms with E-state index >= 15 is 0 Å². The summed E-state index contributed by atoms with van der Waals surface area (Å²) in [6.45, 7) is 0.534. The summed E-state index contributed by atoms with van der Waals surface area (Å²) in [5.41, 5.74) is 0. The van der Waals surface area contributed by atoms with Crippen LogP contribution >= 0.6 is 0 Å². The van der Waals surface area contributed by atoms with Crippen molar-refractivity contribution in [2.45, 2.75) is 32.1 Å². The number of aliphatic carboxylic acids is 1. The van der Waals surface area contributed by atoms with Gasteiger partial charge in [-0.1, -0.05) is 25.7 Å². The minimum absolute atomic E-state index is 0.534. The Morgan fingerprint density at radius 1 is 1.17 bits per heavy atom. The van der Waals surface area contributed by atoms with Crippen molar-refractivity contribution < 1.29 is 19.5 Å². The van der Waals surface area contributed by atoms with Crippen molar-refractivity contribution >= 4 is 17.9 Å². The predicted molar refractivity (Wildman–Crippen MR) is 64.9 cm³/mol. The second kappa shape index (κ2) is 7.47. The average Bonchev–Trinajstić information content (AvgIpc) is 2.79. The van der Waals surface area contributed by atoms with E-state index in [2.05, 4.69) is 5.32 Å². The van der Waals surface area contributed by atoms with Crippen molar-refractivity contribution in [3.8, 4) is 0 Å². The highest BCUT2D eigenvalue weighted by Crippen LogP contribution is 2.26. The van der Waals surface area contributed by atoms with Gasteiger partial charge in [-0.15, -0.1) is 0 Å². The molecular formula is C12H18N2O4. The lowest BCUT2D eigenvalue weighted by atomic mass is 10.0. The first-order valence-electron chi connectivity index (χ1n) is 6.07. The van der Waals surface area contributed by atoms with E-state index in [0.29, 0.717) is 18.5 Å². The number of carboxylic acid groups (broad SMARTS) is 1. The van der Waals surface area contributed by atoms with Gasteiger partial charge in [-0.05, 0) is 12.3 Å². The zero-order chi connectivity index (χ0) is 13.4. The maximum Gasteiger partial charge on any atom is 0.328 e. The van der Waals surface area contributed by atoms with Gasteiger partial charge in [0.2, 0.25) is 0 Å². The van der Waals surface area contributed by atoms with E-state index in [1.165, 1.54) is 25.7 Å². The van der Waals surface area contributed by atoms with Crippen LogP contribution in [0.15, 0.2) is 12.2 Å². The van der Waals surface area contributed by atoms with Crippen molar-refractivity contribution in [2.75, 3.05) is 6.54 Å². The van der Waals surface area contributed by atoms with Gasteiger partial charge >= 0.3 is 12.0 Å². The Bertz CT molecular complexity index is 346. The molecular weight excluding hydrogens is 236 g/mol. The number of carbonyl (C=O) groups excluding carboxylic acids is 2. The lowest BCUT2D eigenvalue weighted by Gasteiger charge is -2.09. The Morgan fingerprint density at radius 2 is 1.83 bits per heavy atom. The van der Waals surface area contributed by atoms with Gasteiger partial charge in [0.25, 0.3) is 5.91 Å². The van der Waals surface area contributed by atoms with E-state index in [4.69, 9.17) is 5.11 Å². The molecule has 1 fully saturated rings. The molecule has 0 aromatic carbocycles. The first-order valence-corrected chi connectivity index (χ1v) is 6.07. The van der Waals surface area contributed by atoms with E-state index < -0.39 is 17.9 Å². The third-order valence-corrected chi connectivity index (χ3v) is 2.93. The van der Waals surface area contributed by atoms with Gasteiger partial charge in [0, 0.05) is 18.7 Å². The van der Waals surface area contributed by atoms with Gasteiger partial charge in [-0.3, -0.25) is 10.1 Å². The topological polar surface area (TPSA) is 95.5 Å². The summed E-state index contributed by atoms with van der Waals surface area (Å²) < 4.78 is 0. The molecule has 0 aromatic heterocycles. The molecule has 0 saturated heterocycles. The molecule has 0 unspecified atom stereocenters. The van der Waals surface area contributed by atoms with Crippen LogP contribution in [-0.2, 0) is 9.59 Å². The van der Waals surface area contributed by atoms with Gasteiger partial charge in [-0.2, -0.15) is 0 Å². The molecule has 3 amide bonds. The zero-order valence-corrected chi connectivity index (χ0v) is 10.1. The van der Waals surface area contributed by atoms with E-state index in [0.717, 1.165) is 12.5 Å². The van der Waals surface area contributed by atoms with Crippen LogP contribution in [0.5, 0.6) is 0 Å². The Hall–Kier alpha value is -1.85. The van der Waals surface area contributed by atoms with Crippen LogP contribution in [0.25, 0.3) is 0 Å². The van der Waals surface area contributed by atoms with Crippen molar-refractivity contribution in [3.63, 3.8) is 0 Å². The maximum atomic E-state index is 11.2. The van der Waals surface area contributed by atoms with Crippen LogP contribution in [-0.4, -0.2) is 29.6 Å². The van der Waals surface area contributed by atoms with Gasteiger partial charge in [-0.25, -0.2) is 9.59 Å². The fraction of sp³-hybridized carbons (Fsp3) is 0.583. The number of hydrogen-bond acceptors (Lipinski definition) is 3. The highest BCUT2D eigenvalue weighted by molar-refractivity contribution is 6.02. The summed E-state index contributed by atoms with van der Waals surface area (Å²) in [6, 6.07) is -0.590. The molecule has 100 valence electrons. The van der Waals surface area contributed by atoms with E-state index in [-0.39, 0.29) is 0 Å². The molecule has 6 heteroatoms. The smallest absolute Gasteiger partial charge is 0.328 e. The first-order chi connectivity index (χ1) is 8.58. The Labute approximate surface area is 105 Å². The molecule has 0 aliphatic heterocycles. The second-order valence-electron chi connectivity index (χ2n) is 4.36. The number of urea groups is 1. The molecule has 0 spiro atoms. The summed E-state index contributed by atoms with van der Waals surface area (Å²) in [4.78, 5) is 32.4. The van der Waals surface area contributed by atoms with Crippen LogP contribution in [0.2, 0.25) is 0 Å². The van der Waals surface area contributed by atoms with E-state index in [1.807, 2.05) is 5.32 Å². The number of rotatable bonds is 5. The molecule has 6 nitrogen and oxygen atoms in total. The monoisotopic (exact) mass is 254 g/mol. The Morgan fingerprint density at radius 3 is 2.44 bits per heavy atom. The van der Waals surface area contributed by atoms with Crippen LogP contribution in [0.1, 0.15) is 32.1 Å². The van der Waals surface area contributed by atoms with Crippen molar-refractivity contribution in [3.05, 3.63) is 12.2 Å². The number of nitrogens with one attached hydrogen (secondary N) is 2. The summed E-state index contributed by atoms with van der Waals surface area (Å²) in [7, 11) is 0. The van der Waals surface area contributed by atoms with Crippen LogP contribution < -0.4 is 10.6 Å². The molecule has 3 N–H and O–H groups in total. The number of imide groups is 1. The molecule has 1 aliphatic rings. The van der Waals surface area contributed by atoms with Crippen molar-refractivity contribution in [1.29, 1.82) is 0 Å². The summed E-state index contributed by atoms with van der Waals surface area (Å²) >= 11 is 0. The lowest BCUT2D eigenvalue weighted by molar-refractivity contribution is -0.131. The number of hydrogen-bond donors (Lipinski definition) is 3. The van der Waals surface area contributed by atoms with Crippen LogP contribution in [0.3, 0.4) is 0 Å². The second-order valence-corrected chi connectivity index (χ2v) is 4.36.